The van der Waals surface area contributed by atoms with E-state index in [1.54, 1.807) is 0 Å². The molecule has 28 heavy (non-hydrogen) atoms. The molecule has 2 heterocycles. The molecule has 0 aliphatic carbocycles. The van der Waals surface area contributed by atoms with Gasteiger partial charge in [0, 0.05) is 29.6 Å². The summed E-state index contributed by atoms with van der Waals surface area (Å²) in [5, 5.41) is 4.87. The van der Waals surface area contributed by atoms with Crippen molar-refractivity contribution in [3.8, 4) is 22.6 Å². The molecule has 4 heteroatoms. The van der Waals surface area contributed by atoms with E-state index in [4.69, 9.17) is 4.74 Å². The van der Waals surface area contributed by atoms with Gasteiger partial charge in [-0.15, -0.1) is 12.4 Å². The molecule has 0 saturated carbocycles. The highest BCUT2D eigenvalue weighted by Crippen LogP contribution is 2.35. The summed E-state index contributed by atoms with van der Waals surface area (Å²) in [4.78, 5) is 3.65. The van der Waals surface area contributed by atoms with Crippen molar-refractivity contribution < 1.29 is 4.74 Å². The van der Waals surface area contributed by atoms with Crippen molar-refractivity contribution in [3.05, 3.63) is 84.1 Å². The minimum Gasteiger partial charge on any atom is -0.457 e. The third-order valence-electron chi connectivity index (χ3n) is 5.26. The molecular weight excluding hydrogens is 368 g/mol. The van der Waals surface area contributed by atoms with E-state index in [-0.39, 0.29) is 12.4 Å². The van der Waals surface area contributed by atoms with Crippen molar-refractivity contribution in [1.29, 1.82) is 0 Å². The van der Waals surface area contributed by atoms with Crippen molar-refractivity contribution in [1.82, 2.24) is 10.3 Å². The molecule has 0 unspecified atom stereocenters. The fourth-order valence-electron chi connectivity index (χ4n) is 3.98. The van der Waals surface area contributed by atoms with E-state index in [0.29, 0.717) is 0 Å². The molecule has 4 aromatic rings. The average Bonchev–Trinajstić information content (AvgIpc) is 2.91. The quantitative estimate of drug-likeness (QED) is 0.468. The van der Waals surface area contributed by atoms with Crippen LogP contribution in [0.25, 0.3) is 22.0 Å². The summed E-state index contributed by atoms with van der Waals surface area (Å²) in [6.45, 7) is 2.08. The van der Waals surface area contributed by atoms with E-state index in [9.17, 15) is 0 Å². The van der Waals surface area contributed by atoms with E-state index in [1.165, 1.54) is 33.3 Å². The van der Waals surface area contributed by atoms with E-state index in [1.807, 2.05) is 42.5 Å². The van der Waals surface area contributed by atoms with Gasteiger partial charge in [-0.3, -0.25) is 0 Å². The predicted molar refractivity (Wildman–Crippen MR) is 118 cm³/mol. The number of aromatic amines is 1. The highest BCUT2D eigenvalue weighted by molar-refractivity contribution is 5.98. The first kappa shape index (κ1) is 18.6. The zero-order valence-corrected chi connectivity index (χ0v) is 16.4. The Bertz CT molecular complexity index is 1070. The summed E-state index contributed by atoms with van der Waals surface area (Å²) in [6, 6.07) is 24.9. The highest BCUT2D eigenvalue weighted by atomic mass is 35.5. The molecule has 142 valence electrons. The number of fused-ring (bicyclic) bond motifs is 3. The first-order valence-electron chi connectivity index (χ1n) is 9.55. The Morgan fingerprint density at radius 3 is 2.29 bits per heavy atom. The number of halogens is 1. The second kappa shape index (κ2) is 8.09. The number of para-hydroxylation sites is 1. The molecule has 0 fully saturated rings. The Morgan fingerprint density at radius 2 is 1.46 bits per heavy atom. The molecule has 0 bridgehead atoms. The molecule has 3 aromatic carbocycles. The maximum atomic E-state index is 5.93. The molecule has 0 spiro atoms. The molecule has 1 aliphatic heterocycles. The zero-order chi connectivity index (χ0) is 18.1. The van der Waals surface area contributed by atoms with Gasteiger partial charge >= 0.3 is 0 Å². The van der Waals surface area contributed by atoms with Crippen molar-refractivity contribution in [2.24, 2.45) is 0 Å². The van der Waals surface area contributed by atoms with Crippen LogP contribution >= 0.6 is 12.4 Å². The summed E-state index contributed by atoms with van der Waals surface area (Å²) in [5.74, 6) is 1.71. The first-order chi connectivity index (χ1) is 13.4. The normalized spacial score (nSPS) is 13.4. The van der Waals surface area contributed by atoms with Crippen molar-refractivity contribution >= 4 is 23.3 Å². The summed E-state index contributed by atoms with van der Waals surface area (Å²) in [7, 11) is 0. The van der Waals surface area contributed by atoms with Crippen LogP contribution in [-0.4, -0.2) is 18.1 Å². The number of ether oxygens (including phenoxy) is 1. The summed E-state index contributed by atoms with van der Waals surface area (Å²) < 4.78 is 5.93. The molecule has 2 N–H and O–H groups in total. The lowest BCUT2D eigenvalue weighted by Crippen LogP contribution is -2.16. The Kier molecular flexibility index (Phi) is 5.38. The van der Waals surface area contributed by atoms with E-state index >= 15 is 0 Å². The van der Waals surface area contributed by atoms with E-state index in [2.05, 4.69) is 40.6 Å². The van der Waals surface area contributed by atoms with E-state index < -0.39 is 0 Å². The van der Waals surface area contributed by atoms with Crippen LogP contribution in [0.2, 0.25) is 0 Å². The van der Waals surface area contributed by atoms with Crippen LogP contribution in [0.15, 0.2) is 72.8 Å². The fraction of sp³-hybridized carbons (Fsp3) is 0.167. The lowest BCUT2D eigenvalue weighted by Gasteiger charge is -2.09. The lowest BCUT2D eigenvalue weighted by molar-refractivity contribution is 0.483. The van der Waals surface area contributed by atoms with Crippen LogP contribution < -0.4 is 10.1 Å². The number of H-pyrrole nitrogens is 1. The number of hydrogen-bond donors (Lipinski definition) is 2. The molecule has 5 rings (SSSR count). The minimum atomic E-state index is 0. The van der Waals surface area contributed by atoms with Crippen molar-refractivity contribution in [2.75, 3.05) is 13.1 Å². The van der Waals surface area contributed by atoms with Crippen LogP contribution in [0.1, 0.15) is 11.3 Å². The maximum Gasteiger partial charge on any atom is 0.127 e. The van der Waals surface area contributed by atoms with Crippen LogP contribution in [-0.2, 0) is 12.8 Å². The maximum absolute atomic E-state index is 5.93. The van der Waals surface area contributed by atoms with E-state index in [0.717, 1.165) is 37.4 Å². The number of aromatic nitrogens is 1. The van der Waals surface area contributed by atoms with Gasteiger partial charge in [0.2, 0.25) is 0 Å². The summed E-state index contributed by atoms with van der Waals surface area (Å²) in [5.41, 5.74) is 6.60. The molecule has 1 aromatic heterocycles. The van der Waals surface area contributed by atoms with Gasteiger partial charge in [-0.2, -0.15) is 0 Å². The molecule has 0 radical (unpaired) electrons. The smallest absolute Gasteiger partial charge is 0.127 e. The van der Waals surface area contributed by atoms with Gasteiger partial charge in [0.15, 0.2) is 0 Å². The molecular formula is C24H23ClN2O. The van der Waals surface area contributed by atoms with Gasteiger partial charge in [0.1, 0.15) is 11.5 Å². The van der Waals surface area contributed by atoms with Crippen molar-refractivity contribution in [3.63, 3.8) is 0 Å². The third kappa shape index (κ3) is 3.51. The highest BCUT2D eigenvalue weighted by Gasteiger charge is 2.17. The number of nitrogens with one attached hydrogen (secondary N) is 2. The average molecular weight is 391 g/mol. The minimum absolute atomic E-state index is 0. The SMILES string of the molecule is Cl.c1ccc(Oc2ccc(-c3cccc4[nH]c5c(c34)CCNCC5)cc2)cc1. The van der Waals surface area contributed by atoms with Gasteiger partial charge in [0.25, 0.3) is 0 Å². The van der Waals surface area contributed by atoms with Crippen LogP contribution in [0.5, 0.6) is 11.5 Å². The second-order valence-electron chi connectivity index (χ2n) is 7.00. The van der Waals surface area contributed by atoms with Crippen LogP contribution in [0, 0.1) is 0 Å². The number of rotatable bonds is 3. The molecule has 0 amide bonds. The van der Waals surface area contributed by atoms with Gasteiger partial charge < -0.3 is 15.0 Å². The topological polar surface area (TPSA) is 37.0 Å². The molecule has 1 aliphatic rings. The molecule has 0 saturated heterocycles. The zero-order valence-electron chi connectivity index (χ0n) is 15.6. The van der Waals surface area contributed by atoms with Gasteiger partial charge in [-0.05, 0) is 60.0 Å². The van der Waals surface area contributed by atoms with Crippen molar-refractivity contribution in [2.45, 2.75) is 12.8 Å². The van der Waals surface area contributed by atoms with Crippen LogP contribution in [0.4, 0.5) is 0 Å². The van der Waals surface area contributed by atoms with Gasteiger partial charge in [-0.1, -0.05) is 42.5 Å². The second-order valence-corrected chi connectivity index (χ2v) is 7.00. The summed E-state index contributed by atoms with van der Waals surface area (Å²) in [6.07, 6.45) is 2.13. The Balaban J connectivity index is 0.00000192. The lowest BCUT2D eigenvalue weighted by atomic mass is 9.97. The number of benzene rings is 3. The standard InChI is InChI=1S/C24H22N2O.ClH/c1-2-5-18(6-3-1)27-19-11-9-17(10-12-19)20-7-4-8-23-24(20)21-13-15-25-16-14-22(21)26-23;/h1-12,25-26H,13-16H2;1H. The molecule has 0 atom stereocenters. The third-order valence-corrected chi connectivity index (χ3v) is 5.26. The number of hydrogen-bond acceptors (Lipinski definition) is 2. The van der Waals surface area contributed by atoms with Crippen LogP contribution in [0.3, 0.4) is 0 Å². The van der Waals surface area contributed by atoms with Gasteiger partial charge in [0.05, 0.1) is 0 Å². The largest absolute Gasteiger partial charge is 0.457 e. The monoisotopic (exact) mass is 390 g/mol. The Labute approximate surface area is 171 Å². The first-order valence-corrected chi connectivity index (χ1v) is 9.55. The summed E-state index contributed by atoms with van der Waals surface area (Å²) >= 11 is 0. The molecule has 3 nitrogen and oxygen atoms in total. The Morgan fingerprint density at radius 1 is 0.714 bits per heavy atom. The fourth-order valence-corrected chi connectivity index (χ4v) is 3.98. The Hall–Kier alpha value is -2.75. The van der Waals surface area contributed by atoms with Gasteiger partial charge in [-0.25, -0.2) is 0 Å². The predicted octanol–water partition coefficient (Wildman–Crippen LogP) is 5.74.